The molecule has 2 aromatic carbocycles. The number of rotatable bonds is 3. The molecule has 19 heavy (non-hydrogen) atoms. The Morgan fingerprint density at radius 2 is 1.95 bits per heavy atom. The summed E-state index contributed by atoms with van der Waals surface area (Å²) in [6, 6.07) is 12.5. The molecule has 3 rings (SSSR count). The molecular weight excluding hydrogens is 302 g/mol. The Morgan fingerprint density at radius 3 is 2.68 bits per heavy atom. The lowest BCUT2D eigenvalue weighted by Crippen LogP contribution is -2.05. The molecule has 1 N–H and O–H groups in total. The molecule has 0 aliphatic heterocycles. The van der Waals surface area contributed by atoms with Crippen LogP contribution in [0.5, 0.6) is 0 Å². The number of anilines is 1. The molecule has 3 nitrogen and oxygen atoms in total. The molecule has 0 unspecified atom stereocenters. The van der Waals surface area contributed by atoms with E-state index in [-0.39, 0.29) is 0 Å². The Hall–Kier alpha value is -1.81. The highest BCUT2D eigenvalue weighted by atomic mass is 79.9. The maximum Gasteiger partial charge on any atom is 0.127 e. The van der Waals surface area contributed by atoms with Gasteiger partial charge in [0.2, 0.25) is 0 Å². The van der Waals surface area contributed by atoms with Crippen molar-refractivity contribution >= 4 is 32.4 Å². The van der Waals surface area contributed by atoms with Crippen molar-refractivity contribution in [1.82, 2.24) is 9.55 Å². The van der Waals surface area contributed by atoms with Crippen LogP contribution in [0.25, 0.3) is 10.8 Å². The normalized spacial score (nSPS) is 10.8. The van der Waals surface area contributed by atoms with E-state index in [4.69, 9.17) is 0 Å². The summed E-state index contributed by atoms with van der Waals surface area (Å²) in [6.45, 7) is 0.717. The summed E-state index contributed by atoms with van der Waals surface area (Å²) in [4.78, 5) is 4.32. The lowest BCUT2D eigenvalue weighted by Gasteiger charge is -2.11. The predicted octanol–water partition coefficient (Wildman–Crippen LogP) is 3.95. The minimum Gasteiger partial charge on any atom is -0.377 e. The van der Waals surface area contributed by atoms with E-state index in [2.05, 4.69) is 62.6 Å². The van der Waals surface area contributed by atoms with Crippen molar-refractivity contribution in [3.63, 3.8) is 0 Å². The largest absolute Gasteiger partial charge is 0.377 e. The summed E-state index contributed by atoms with van der Waals surface area (Å²) in [6.07, 6.45) is 3.77. The molecule has 0 saturated heterocycles. The second-order valence-electron chi connectivity index (χ2n) is 4.45. The Labute approximate surface area is 120 Å². The van der Waals surface area contributed by atoms with E-state index < -0.39 is 0 Å². The van der Waals surface area contributed by atoms with Crippen LogP contribution in [0.15, 0.2) is 53.3 Å². The first-order valence-corrected chi connectivity index (χ1v) is 6.92. The van der Waals surface area contributed by atoms with Crippen LogP contribution in [0.4, 0.5) is 5.69 Å². The number of imidazole rings is 1. The van der Waals surface area contributed by atoms with Crippen LogP contribution in [0.1, 0.15) is 5.82 Å². The first-order valence-electron chi connectivity index (χ1n) is 6.13. The van der Waals surface area contributed by atoms with Crippen molar-refractivity contribution in [2.75, 3.05) is 5.32 Å². The average molecular weight is 316 g/mol. The number of nitrogens with one attached hydrogen (secondary N) is 1. The first-order chi connectivity index (χ1) is 9.25. The first kappa shape index (κ1) is 12.2. The van der Waals surface area contributed by atoms with Gasteiger partial charge < -0.3 is 9.88 Å². The molecule has 0 bridgehead atoms. The minimum absolute atomic E-state index is 0.717. The number of aryl methyl sites for hydroxylation is 1. The van der Waals surface area contributed by atoms with E-state index in [0.717, 1.165) is 22.5 Å². The molecule has 3 aromatic rings. The SMILES string of the molecule is Cn1ccnc1CNc1ccc(Br)c2ccccc12. The van der Waals surface area contributed by atoms with Crippen molar-refractivity contribution in [2.24, 2.45) is 7.05 Å². The maximum absolute atomic E-state index is 4.32. The van der Waals surface area contributed by atoms with Crippen LogP contribution < -0.4 is 5.32 Å². The average Bonchev–Trinajstić information content (AvgIpc) is 2.84. The Morgan fingerprint density at radius 1 is 1.16 bits per heavy atom. The molecule has 1 aromatic heterocycles. The van der Waals surface area contributed by atoms with Gasteiger partial charge >= 0.3 is 0 Å². The smallest absolute Gasteiger partial charge is 0.127 e. The van der Waals surface area contributed by atoms with Crippen molar-refractivity contribution in [2.45, 2.75) is 6.54 Å². The summed E-state index contributed by atoms with van der Waals surface area (Å²) in [5.41, 5.74) is 1.13. The molecule has 0 atom stereocenters. The minimum atomic E-state index is 0.717. The van der Waals surface area contributed by atoms with Gasteiger partial charge in [0, 0.05) is 35.0 Å². The van der Waals surface area contributed by atoms with Crippen molar-refractivity contribution in [1.29, 1.82) is 0 Å². The molecule has 0 spiro atoms. The second-order valence-corrected chi connectivity index (χ2v) is 5.30. The van der Waals surface area contributed by atoms with Gasteiger partial charge in [-0.3, -0.25) is 0 Å². The van der Waals surface area contributed by atoms with E-state index in [1.165, 1.54) is 10.8 Å². The highest BCUT2D eigenvalue weighted by Crippen LogP contribution is 2.30. The van der Waals surface area contributed by atoms with Gasteiger partial charge in [0.1, 0.15) is 5.82 Å². The third-order valence-corrected chi connectivity index (χ3v) is 3.92. The fourth-order valence-electron chi connectivity index (χ4n) is 2.16. The number of benzene rings is 2. The van der Waals surface area contributed by atoms with Crippen LogP contribution in [0.3, 0.4) is 0 Å². The van der Waals surface area contributed by atoms with E-state index in [9.17, 15) is 0 Å². The van der Waals surface area contributed by atoms with Crippen LogP contribution in [-0.4, -0.2) is 9.55 Å². The number of halogens is 1. The highest BCUT2D eigenvalue weighted by molar-refractivity contribution is 9.10. The molecule has 4 heteroatoms. The molecule has 0 radical (unpaired) electrons. The summed E-state index contributed by atoms with van der Waals surface area (Å²) in [5.74, 6) is 1.02. The van der Waals surface area contributed by atoms with Gasteiger partial charge in [-0.1, -0.05) is 40.2 Å². The van der Waals surface area contributed by atoms with E-state index in [0.29, 0.717) is 0 Å². The van der Waals surface area contributed by atoms with Crippen LogP contribution in [0.2, 0.25) is 0 Å². The maximum atomic E-state index is 4.32. The van der Waals surface area contributed by atoms with Gasteiger partial charge in [-0.15, -0.1) is 0 Å². The summed E-state index contributed by atoms with van der Waals surface area (Å²) in [5, 5.41) is 5.88. The molecule has 0 fully saturated rings. The lowest BCUT2D eigenvalue weighted by atomic mass is 10.1. The van der Waals surface area contributed by atoms with Crippen LogP contribution >= 0.6 is 15.9 Å². The van der Waals surface area contributed by atoms with Crippen molar-refractivity contribution in [3.05, 3.63) is 59.1 Å². The lowest BCUT2D eigenvalue weighted by molar-refractivity contribution is 0.813. The Bertz CT molecular complexity index is 718. The zero-order valence-electron chi connectivity index (χ0n) is 10.6. The third kappa shape index (κ3) is 2.36. The zero-order chi connectivity index (χ0) is 13.2. The Balaban J connectivity index is 1.93. The highest BCUT2D eigenvalue weighted by Gasteiger charge is 2.05. The van der Waals surface area contributed by atoms with Crippen molar-refractivity contribution in [3.8, 4) is 0 Å². The van der Waals surface area contributed by atoms with Gasteiger partial charge in [-0.05, 0) is 17.5 Å². The molecule has 0 aliphatic carbocycles. The summed E-state index contributed by atoms with van der Waals surface area (Å²) >= 11 is 3.59. The van der Waals surface area contributed by atoms with Crippen molar-refractivity contribution < 1.29 is 0 Å². The monoisotopic (exact) mass is 315 g/mol. The van der Waals surface area contributed by atoms with Gasteiger partial charge in [-0.2, -0.15) is 0 Å². The molecule has 96 valence electrons. The fraction of sp³-hybridized carbons (Fsp3) is 0.133. The van der Waals surface area contributed by atoms with Gasteiger partial charge in [0.15, 0.2) is 0 Å². The van der Waals surface area contributed by atoms with Gasteiger partial charge in [0.05, 0.1) is 6.54 Å². The number of aromatic nitrogens is 2. The molecule has 0 aliphatic rings. The van der Waals surface area contributed by atoms with Crippen LogP contribution in [-0.2, 0) is 13.6 Å². The van der Waals surface area contributed by atoms with Gasteiger partial charge in [0.25, 0.3) is 0 Å². The van der Waals surface area contributed by atoms with E-state index >= 15 is 0 Å². The summed E-state index contributed by atoms with van der Waals surface area (Å²) < 4.78 is 3.14. The molecule has 0 amide bonds. The van der Waals surface area contributed by atoms with Crippen LogP contribution in [0, 0.1) is 0 Å². The molecular formula is C15H14BrN3. The predicted molar refractivity (Wildman–Crippen MR) is 82.2 cm³/mol. The quantitative estimate of drug-likeness (QED) is 0.793. The van der Waals surface area contributed by atoms with E-state index in [1.807, 2.05) is 24.0 Å². The van der Waals surface area contributed by atoms with E-state index in [1.54, 1.807) is 0 Å². The number of fused-ring (bicyclic) bond motifs is 1. The fourth-order valence-corrected chi connectivity index (χ4v) is 2.64. The Kier molecular flexibility index (Phi) is 3.25. The number of nitrogens with zero attached hydrogens (tertiary/aromatic N) is 2. The number of hydrogen-bond acceptors (Lipinski definition) is 2. The second kappa shape index (κ2) is 5.05. The molecule has 1 heterocycles. The third-order valence-electron chi connectivity index (χ3n) is 3.23. The van der Waals surface area contributed by atoms with Gasteiger partial charge in [-0.25, -0.2) is 4.98 Å². The number of hydrogen-bond donors (Lipinski definition) is 1. The molecule has 0 saturated carbocycles. The summed E-state index contributed by atoms with van der Waals surface area (Å²) in [7, 11) is 2.00. The standard InChI is InChI=1S/C15H14BrN3/c1-19-9-8-17-15(19)10-18-14-7-6-13(16)11-4-2-3-5-12(11)14/h2-9,18H,10H2,1H3. The topological polar surface area (TPSA) is 29.9 Å². The zero-order valence-corrected chi connectivity index (χ0v) is 12.2.